The molecule has 3 aromatic heterocycles. The Morgan fingerprint density at radius 3 is 2.54 bits per heavy atom. The maximum absolute atomic E-state index is 12.5. The second kappa shape index (κ2) is 7.23. The molecule has 0 saturated heterocycles. The lowest BCUT2D eigenvalue weighted by atomic mass is 10.1. The van der Waals surface area contributed by atoms with E-state index >= 15 is 0 Å². The van der Waals surface area contributed by atoms with E-state index in [0.717, 1.165) is 22.6 Å². The summed E-state index contributed by atoms with van der Waals surface area (Å²) in [5.74, 6) is 0.191. The Morgan fingerprint density at radius 2 is 1.79 bits per heavy atom. The van der Waals surface area contributed by atoms with Crippen LogP contribution in [0.1, 0.15) is 33.1 Å². The van der Waals surface area contributed by atoms with Crippen LogP contribution in [0, 0.1) is 20.8 Å². The molecule has 0 amide bonds. The van der Waals surface area contributed by atoms with Crippen molar-refractivity contribution >= 4 is 11.7 Å². The van der Waals surface area contributed by atoms with Crippen LogP contribution in [0.5, 0.6) is 0 Å². The fraction of sp³-hybridized carbons (Fsp3) is 0.182. The fourth-order valence-corrected chi connectivity index (χ4v) is 3.15. The molecule has 0 unspecified atom stereocenters. The fourth-order valence-electron chi connectivity index (χ4n) is 3.15. The van der Waals surface area contributed by atoms with Crippen LogP contribution < -0.4 is 0 Å². The largest absolute Gasteiger partial charge is 0.455 e. The number of aryl methyl sites for hydroxylation is 3. The van der Waals surface area contributed by atoms with E-state index in [4.69, 9.17) is 4.74 Å². The second-order valence-electron chi connectivity index (χ2n) is 6.71. The van der Waals surface area contributed by atoms with E-state index in [1.165, 1.54) is 0 Å². The molecule has 0 aliphatic carbocycles. The van der Waals surface area contributed by atoms with Gasteiger partial charge in [-0.25, -0.2) is 14.8 Å². The maximum atomic E-state index is 12.5. The minimum atomic E-state index is -0.414. The van der Waals surface area contributed by atoms with E-state index in [9.17, 15) is 4.79 Å². The number of nitrogens with zero attached hydrogens (tertiary/aromatic N) is 4. The van der Waals surface area contributed by atoms with Gasteiger partial charge in [0.15, 0.2) is 0 Å². The molecule has 0 aliphatic heterocycles. The molecule has 0 spiro atoms. The molecule has 0 aliphatic rings. The summed E-state index contributed by atoms with van der Waals surface area (Å²) in [5.41, 5.74) is 5.51. The minimum absolute atomic E-state index is 0.0839. The number of aromatic nitrogens is 4. The predicted octanol–water partition coefficient (Wildman–Crippen LogP) is 4.07. The zero-order valence-corrected chi connectivity index (χ0v) is 16.0. The molecule has 1 aromatic carbocycles. The molecule has 0 saturated carbocycles. The van der Waals surface area contributed by atoms with Gasteiger partial charge in [0.25, 0.3) is 0 Å². The number of carbonyl (C=O) groups is 1. The van der Waals surface area contributed by atoms with Gasteiger partial charge in [0.2, 0.25) is 5.78 Å². The van der Waals surface area contributed by atoms with Crippen molar-refractivity contribution < 1.29 is 9.53 Å². The Balaban J connectivity index is 1.50. The quantitative estimate of drug-likeness (QED) is 0.505. The van der Waals surface area contributed by atoms with Gasteiger partial charge in [0.05, 0.1) is 22.6 Å². The third-order valence-electron chi connectivity index (χ3n) is 4.54. The second-order valence-corrected chi connectivity index (χ2v) is 6.71. The highest BCUT2D eigenvalue weighted by Gasteiger charge is 2.14. The molecular weight excluding hydrogens is 352 g/mol. The van der Waals surface area contributed by atoms with Crippen molar-refractivity contribution in [1.29, 1.82) is 0 Å². The number of hydrogen-bond acceptors (Lipinski definition) is 5. The van der Waals surface area contributed by atoms with E-state index in [0.29, 0.717) is 22.7 Å². The summed E-state index contributed by atoms with van der Waals surface area (Å²) in [7, 11) is 0. The normalized spacial score (nSPS) is 11.0. The lowest BCUT2D eigenvalue weighted by Gasteiger charge is -2.08. The van der Waals surface area contributed by atoms with E-state index in [-0.39, 0.29) is 6.61 Å². The molecule has 28 heavy (non-hydrogen) atoms. The van der Waals surface area contributed by atoms with Crippen molar-refractivity contribution in [3.8, 4) is 11.3 Å². The summed E-state index contributed by atoms with van der Waals surface area (Å²) in [5, 5.41) is 0. The number of rotatable bonds is 4. The summed E-state index contributed by atoms with van der Waals surface area (Å²) >= 11 is 0. The summed E-state index contributed by atoms with van der Waals surface area (Å²) in [4.78, 5) is 25.9. The molecule has 0 bridgehead atoms. The van der Waals surface area contributed by atoms with Gasteiger partial charge in [0.1, 0.15) is 6.61 Å². The summed E-state index contributed by atoms with van der Waals surface area (Å²) in [6, 6.07) is 15.4. The Bertz CT molecular complexity index is 1170. The summed E-state index contributed by atoms with van der Waals surface area (Å²) in [6.07, 6.45) is 1.84. The predicted molar refractivity (Wildman–Crippen MR) is 106 cm³/mol. The average molecular weight is 372 g/mol. The highest BCUT2D eigenvalue weighted by Crippen LogP contribution is 2.19. The molecule has 6 nitrogen and oxygen atoms in total. The number of hydrogen-bond donors (Lipinski definition) is 0. The Morgan fingerprint density at radius 1 is 1.00 bits per heavy atom. The van der Waals surface area contributed by atoms with Crippen molar-refractivity contribution in [2.24, 2.45) is 0 Å². The van der Waals surface area contributed by atoms with Gasteiger partial charge in [-0.05, 0) is 39.0 Å². The zero-order chi connectivity index (χ0) is 19.7. The Kier molecular flexibility index (Phi) is 4.61. The number of carbonyl (C=O) groups excluding carboxylic acids is 1. The zero-order valence-electron chi connectivity index (χ0n) is 16.0. The molecule has 0 atom stereocenters. The summed E-state index contributed by atoms with van der Waals surface area (Å²) < 4.78 is 7.34. The van der Waals surface area contributed by atoms with Gasteiger partial charge < -0.3 is 4.74 Å². The molecule has 4 rings (SSSR count). The van der Waals surface area contributed by atoms with E-state index < -0.39 is 5.97 Å². The number of imidazole rings is 1. The maximum Gasteiger partial charge on any atom is 0.340 e. The van der Waals surface area contributed by atoms with Crippen LogP contribution in [0.25, 0.3) is 17.0 Å². The highest BCUT2D eigenvalue weighted by atomic mass is 16.5. The van der Waals surface area contributed by atoms with Gasteiger partial charge >= 0.3 is 5.97 Å². The van der Waals surface area contributed by atoms with Gasteiger partial charge in [0, 0.05) is 23.1 Å². The molecule has 4 aromatic rings. The van der Waals surface area contributed by atoms with Crippen molar-refractivity contribution in [2.75, 3.05) is 0 Å². The topological polar surface area (TPSA) is 69.4 Å². The van der Waals surface area contributed by atoms with Crippen molar-refractivity contribution in [1.82, 2.24) is 19.4 Å². The van der Waals surface area contributed by atoms with Crippen LogP contribution in [0.3, 0.4) is 0 Å². The van der Waals surface area contributed by atoms with Crippen molar-refractivity contribution in [2.45, 2.75) is 27.4 Å². The molecule has 3 heterocycles. The van der Waals surface area contributed by atoms with E-state index in [1.54, 1.807) is 6.07 Å². The van der Waals surface area contributed by atoms with Gasteiger partial charge in [-0.3, -0.25) is 9.38 Å². The number of ether oxygens (including phenoxy) is 1. The van der Waals surface area contributed by atoms with E-state index in [2.05, 4.69) is 15.0 Å². The van der Waals surface area contributed by atoms with Crippen LogP contribution in [-0.4, -0.2) is 25.3 Å². The number of pyridine rings is 1. The van der Waals surface area contributed by atoms with Gasteiger partial charge in [-0.15, -0.1) is 0 Å². The van der Waals surface area contributed by atoms with Crippen LogP contribution in [0.2, 0.25) is 0 Å². The first-order valence-electron chi connectivity index (χ1n) is 9.03. The lowest BCUT2D eigenvalue weighted by molar-refractivity contribution is 0.0467. The molecule has 6 heteroatoms. The van der Waals surface area contributed by atoms with Crippen molar-refractivity contribution in [3.05, 3.63) is 83.1 Å². The standard InChI is InChI=1S/C22H20N4O2/c1-14-11-15(2)26-12-18(25-22(26)23-14)13-28-21(27)19-9-10-20(24-16(19)3)17-7-5-4-6-8-17/h4-12H,13H2,1-3H3. The van der Waals surface area contributed by atoms with Crippen LogP contribution in [0.15, 0.2) is 54.7 Å². The molecule has 0 radical (unpaired) electrons. The van der Waals surface area contributed by atoms with E-state index in [1.807, 2.05) is 73.8 Å². The van der Waals surface area contributed by atoms with Gasteiger partial charge in [-0.2, -0.15) is 0 Å². The third-order valence-corrected chi connectivity index (χ3v) is 4.54. The number of esters is 1. The first kappa shape index (κ1) is 17.9. The lowest BCUT2D eigenvalue weighted by Crippen LogP contribution is -2.08. The van der Waals surface area contributed by atoms with Crippen molar-refractivity contribution in [3.63, 3.8) is 0 Å². The Hall–Kier alpha value is -3.54. The molecular formula is C22H20N4O2. The van der Waals surface area contributed by atoms with Crippen LogP contribution >= 0.6 is 0 Å². The SMILES string of the molecule is Cc1cc(C)n2cc(COC(=O)c3ccc(-c4ccccc4)nc3C)nc2n1. The molecule has 140 valence electrons. The number of benzene rings is 1. The first-order chi connectivity index (χ1) is 13.5. The monoisotopic (exact) mass is 372 g/mol. The number of fused-ring (bicyclic) bond motifs is 1. The minimum Gasteiger partial charge on any atom is -0.455 e. The average Bonchev–Trinajstić information content (AvgIpc) is 3.10. The first-order valence-corrected chi connectivity index (χ1v) is 9.03. The third kappa shape index (κ3) is 3.49. The molecule has 0 fully saturated rings. The smallest absolute Gasteiger partial charge is 0.340 e. The molecule has 0 N–H and O–H groups in total. The van der Waals surface area contributed by atoms with Gasteiger partial charge in [-0.1, -0.05) is 30.3 Å². The highest BCUT2D eigenvalue weighted by molar-refractivity contribution is 5.90. The Labute approximate surface area is 162 Å². The van der Waals surface area contributed by atoms with Crippen LogP contribution in [-0.2, 0) is 11.3 Å². The van der Waals surface area contributed by atoms with Crippen LogP contribution in [0.4, 0.5) is 0 Å². The summed E-state index contributed by atoms with van der Waals surface area (Å²) in [6.45, 7) is 5.81.